The SMILES string of the molecule is NC(=O)c1ccc(CNc2cccc(CO)c2)cc1. The predicted molar refractivity (Wildman–Crippen MR) is 74.7 cm³/mol. The molecule has 0 aliphatic carbocycles. The second-order valence-electron chi connectivity index (χ2n) is 4.27. The summed E-state index contributed by atoms with van der Waals surface area (Å²) in [6.07, 6.45) is 0. The van der Waals surface area contributed by atoms with Crippen molar-refractivity contribution in [3.8, 4) is 0 Å². The van der Waals surface area contributed by atoms with E-state index in [1.807, 2.05) is 36.4 Å². The molecule has 0 atom stereocenters. The number of nitrogens with two attached hydrogens (primary N) is 1. The smallest absolute Gasteiger partial charge is 0.248 e. The zero-order valence-corrected chi connectivity index (χ0v) is 10.5. The molecule has 4 heteroatoms. The van der Waals surface area contributed by atoms with E-state index in [2.05, 4.69) is 5.32 Å². The van der Waals surface area contributed by atoms with Crippen LogP contribution in [0.4, 0.5) is 5.69 Å². The number of hydrogen-bond donors (Lipinski definition) is 3. The molecule has 98 valence electrons. The molecule has 0 aliphatic heterocycles. The number of carbonyl (C=O) groups excluding carboxylic acids is 1. The first-order valence-corrected chi connectivity index (χ1v) is 6.01. The van der Waals surface area contributed by atoms with Crippen molar-refractivity contribution >= 4 is 11.6 Å². The molecule has 1 amide bonds. The number of aliphatic hydroxyl groups excluding tert-OH is 1. The number of carbonyl (C=O) groups is 1. The van der Waals surface area contributed by atoms with Gasteiger partial charge in [0.1, 0.15) is 0 Å². The van der Waals surface area contributed by atoms with Gasteiger partial charge in [0.2, 0.25) is 5.91 Å². The topological polar surface area (TPSA) is 75.4 Å². The fourth-order valence-corrected chi connectivity index (χ4v) is 1.77. The summed E-state index contributed by atoms with van der Waals surface area (Å²) in [7, 11) is 0. The zero-order valence-electron chi connectivity index (χ0n) is 10.5. The highest BCUT2D eigenvalue weighted by atomic mass is 16.3. The highest BCUT2D eigenvalue weighted by Crippen LogP contribution is 2.12. The Morgan fingerprint density at radius 2 is 1.84 bits per heavy atom. The number of benzene rings is 2. The van der Waals surface area contributed by atoms with Crippen molar-refractivity contribution in [3.05, 3.63) is 65.2 Å². The molecule has 0 aromatic heterocycles. The minimum Gasteiger partial charge on any atom is -0.392 e. The standard InChI is InChI=1S/C15H16N2O2/c16-15(19)13-6-4-11(5-7-13)9-17-14-3-1-2-12(8-14)10-18/h1-8,17-18H,9-10H2,(H2,16,19). The molecule has 0 saturated heterocycles. The number of aliphatic hydroxyl groups is 1. The highest BCUT2D eigenvalue weighted by Gasteiger charge is 2.00. The van der Waals surface area contributed by atoms with Crippen LogP contribution in [0.15, 0.2) is 48.5 Å². The van der Waals surface area contributed by atoms with E-state index < -0.39 is 5.91 Å². The summed E-state index contributed by atoms with van der Waals surface area (Å²) < 4.78 is 0. The van der Waals surface area contributed by atoms with Crippen molar-refractivity contribution in [2.45, 2.75) is 13.2 Å². The monoisotopic (exact) mass is 256 g/mol. The fourth-order valence-electron chi connectivity index (χ4n) is 1.77. The van der Waals surface area contributed by atoms with E-state index in [-0.39, 0.29) is 6.61 Å². The number of rotatable bonds is 5. The Balaban J connectivity index is 1.99. The van der Waals surface area contributed by atoms with Gasteiger partial charge in [-0.1, -0.05) is 24.3 Å². The second kappa shape index (κ2) is 6.02. The average molecular weight is 256 g/mol. The summed E-state index contributed by atoms with van der Waals surface area (Å²) in [5, 5.41) is 12.3. The predicted octanol–water partition coefficient (Wildman–Crippen LogP) is 1.89. The Kier molecular flexibility index (Phi) is 4.15. The maximum atomic E-state index is 10.9. The van der Waals surface area contributed by atoms with Gasteiger partial charge in [0.05, 0.1) is 6.61 Å². The van der Waals surface area contributed by atoms with Gasteiger partial charge in [-0.15, -0.1) is 0 Å². The first-order chi connectivity index (χ1) is 9.19. The number of nitrogens with one attached hydrogen (secondary N) is 1. The number of amides is 1. The van der Waals surface area contributed by atoms with E-state index in [1.165, 1.54) is 0 Å². The van der Waals surface area contributed by atoms with Gasteiger partial charge in [-0.2, -0.15) is 0 Å². The normalized spacial score (nSPS) is 10.2. The Morgan fingerprint density at radius 1 is 1.11 bits per heavy atom. The summed E-state index contributed by atoms with van der Waals surface area (Å²) >= 11 is 0. The Labute approximate surface area is 111 Å². The average Bonchev–Trinajstić information content (AvgIpc) is 2.46. The highest BCUT2D eigenvalue weighted by molar-refractivity contribution is 5.92. The van der Waals surface area contributed by atoms with Crippen LogP contribution >= 0.6 is 0 Å². The van der Waals surface area contributed by atoms with Crippen LogP contribution in [0.25, 0.3) is 0 Å². The molecule has 2 aromatic carbocycles. The molecular formula is C15H16N2O2. The third-order valence-corrected chi connectivity index (χ3v) is 2.84. The van der Waals surface area contributed by atoms with Crippen LogP contribution in [0.3, 0.4) is 0 Å². The lowest BCUT2D eigenvalue weighted by atomic mass is 10.1. The lowest BCUT2D eigenvalue weighted by molar-refractivity contribution is 0.100. The first-order valence-electron chi connectivity index (χ1n) is 6.01. The van der Waals surface area contributed by atoms with E-state index in [4.69, 9.17) is 10.8 Å². The van der Waals surface area contributed by atoms with Gasteiger partial charge in [0.25, 0.3) is 0 Å². The number of anilines is 1. The molecule has 0 spiro atoms. The molecule has 2 aromatic rings. The Hall–Kier alpha value is -2.33. The Morgan fingerprint density at radius 3 is 2.47 bits per heavy atom. The fraction of sp³-hybridized carbons (Fsp3) is 0.133. The first kappa shape index (κ1) is 13.1. The Bertz CT molecular complexity index is 565. The van der Waals surface area contributed by atoms with Crippen LogP contribution in [0.5, 0.6) is 0 Å². The van der Waals surface area contributed by atoms with Crippen LogP contribution < -0.4 is 11.1 Å². The summed E-state index contributed by atoms with van der Waals surface area (Å²) in [5.41, 5.74) is 8.56. The summed E-state index contributed by atoms with van der Waals surface area (Å²) in [6.45, 7) is 0.677. The van der Waals surface area contributed by atoms with Gasteiger partial charge < -0.3 is 16.2 Å². The molecule has 0 saturated carbocycles. The molecule has 0 unspecified atom stereocenters. The third-order valence-electron chi connectivity index (χ3n) is 2.84. The molecule has 0 heterocycles. The van der Waals surface area contributed by atoms with Crippen LogP contribution in [0, 0.1) is 0 Å². The lowest BCUT2D eigenvalue weighted by Gasteiger charge is -2.08. The summed E-state index contributed by atoms with van der Waals surface area (Å²) in [4.78, 5) is 10.9. The van der Waals surface area contributed by atoms with Crippen LogP contribution in [0.1, 0.15) is 21.5 Å². The molecule has 0 fully saturated rings. The summed E-state index contributed by atoms with van der Waals surface area (Å²) in [6, 6.07) is 14.8. The van der Waals surface area contributed by atoms with Crippen molar-refractivity contribution in [2.24, 2.45) is 5.73 Å². The van der Waals surface area contributed by atoms with Crippen LogP contribution in [-0.2, 0) is 13.2 Å². The minimum absolute atomic E-state index is 0.0306. The van der Waals surface area contributed by atoms with Crippen molar-refractivity contribution in [3.63, 3.8) is 0 Å². The van der Waals surface area contributed by atoms with Crippen molar-refractivity contribution in [2.75, 3.05) is 5.32 Å². The molecule has 0 bridgehead atoms. The van der Waals surface area contributed by atoms with Crippen molar-refractivity contribution in [1.29, 1.82) is 0 Å². The van der Waals surface area contributed by atoms with Gasteiger partial charge in [-0.25, -0.2) is 0 Å². The van der Waals surface area contributed by atoms with E-state index in [0.717, 1.165) is 16.8 Å². The number of primary amides is 1. The van der Waals surface area contributed by atoms with Gasteiger partial charge in [0, 0.05) is 17.8 Å². The van der Waals surface area contributed by atoms with Gasteiger partial charge in [-0.3, -0.25) is 4.79 Å². The molecule has 0 aliphatic rings. The molecule has 4 nitrogen and oxygen atoms in total. The quantitative estimate of drug-likeness (QED) is 0.764. The molecular weight excluding hydrogens is 240 g/mol. The lowest BCUT2D eigenvalue weighted by Crippen LogP contribution is -2.10. The number of hydrogen-bond acceptors (Lipinski definition) is 3. The third kappa shape index (κ3) is 3.56. The van der Waals surface area contributed by atoms with E-state index >= 15 is 0 Å². The molecule has 4 N–H and O–H groups in total. The van der Waals surface area contributed by atoms with Gasteiger partial charge in [-0.05, 0) is 35.4 Å². The van der Waals surface area contributed by atoms with E-state index in [0.29, 0.717) is 12.1 Å². The molecule has 2 rings (SSSR count). The second-order valence-corrected chi connectivity index (χ2v) is 4.27. The molecule has 19 heavy (non-hydrogen) atoms. The van der Waals surface area contributed by atoms with Crippen LogP contribution in [0.2, 0.25) is 0 Å². The van der Waals surface area contributed by atoms with Gasteiger partial charge >= 0.3 is 0 Å². The van der Waals surface area contributed by atoms with Gasteiger partial charge in [0.15, 0.2) is 0 Å². The van der Waals surface area contributed by atoms with E-state index in [9.17, 15) is 4.79 Å². The van der Waals surface area contributed by atoms with E-state index in [1.54, 1.807) is 12.1 Å². The van der Waals surface area contributed by atoms with Crippen molar-refractivity contribution < 1.29 is 9.90 Å². The summed E-state index contributed by atoms with van der Waals surface area (Å²) in [5.74, 6) is -0.421. The maximum absolute atomic E-state index is 10.9. The zero-order chi connectivity index (χ0) is 13.7. The van der Waals surface area contributed by atoms with Crippen molar-refractivity contribution in [1.82, 2.24) is 0 Å². The molecule has 0 radical (unpaired) electrons. The maximum Gasteiger partial charge on any atom is 0.248 e. The van der Waals surface area contributed by atoms with Crippen LogP contribution in [-0.4, -0.2) is 11.0 Å². The largest absolute Gasteiger partial charge is 0.392 e. The minimum atomic E-state index is -0.421.